The zero-order chi connectivity index (χ0) is 13.0. The van der Waals surface area contributed by atoms with Crippen molar-refractivity contribution in [3.8, 4) is 0 Å². The first-order valence-electron chi connectivity index (χ1n) is 4.90. The standard InChI is InChI=1S/C9H15N3O5/c1-4(12-17)9-10-2-5(11-9)7(15)8(16)6(14)3-13/h2,6-8,13-17H,3H2,1H3,(H,10,11)/b12-4+. The van der Waals surface area contributed by atoms with E-state index in [1.807, 2.05) is 0 Å². The molecule has 0 saturated heterocycles. The second-order valence-electron chi connectivity index (χ2n) is 3.56. The van der Waals surface area contributed by atoms with Crippen molar-refractivity contribution in [2.75, 3.05) is 6.61 Å². The normalized spacial score (nSPS) is 17.8. The molecule has 0 amide bonds. The second-order valence-corrected chi connectivity index (χ2v) is 3.56. The van der Waals surface area contributed by atoms with Crippen LogP contribution in [0.5, 0.6) is 0 Å². The van der Waals surface area contributed by atoms with Gasteiger partial charge in [-0.1, -0.05) is 5.16 Å². The third-order valence-corrected chi connectivity index (χ3v) is 2.31. The highest BCUT2D eigenvalue weighted by Gasteiger charge is 2.27. The van der Waals surface area contributed by atoms with Crippen LogP contribution in [0.4, 0.5) is 0 Å². The quantitative estimate of drug-likeness (QED) is 0.208. The zero-order valence-corrected chi connectivity index (χ0v) is 9.15. The van der Waals surface area contributed by atoms with Crippen LogP contribution in [0.25, 0.3) is 0 Å². The average molecular weight is 245 g/mol. The molecule has 3 unspecified atom stereocenters. The zero-order valence-electron chi connectivity index (χ0n) is 9.15. The van der Waals surface area contributed by atoms with Crippen molar-refractivity contribution in [1.29, 1.82) is 0 Å². The SMILES string of the molecule is C/C(=N\O)c1ncc(C(O)C(O)C(O)CO)[nH]1. The van der Waals surface area contributed by atoms with Crippen LogP contribution in [0.15, 0.2) is 11.4 Å². The Hall–Kier alpha value is -1.48. The first kappa shape index (κ1) is 13.6. The number of nitrogens with zero attached hydrogens (tertiary/aromatic N) is 2. The predicted molar refractivity (Wildman–Crippen MR) is 56.6 cm³/mol. The summed E-state index contributed by atoms with van der Waals surface area (Å²) in [7, 11) is 0. The Bertz CT molecular complexity index is 392. The minimum absolute atomic E-state index is 0.142. The molecule has 0 radical (unpaired) electrons. The molecule has 1 aromatic heterocycles. The summed E-state index contributed by atoms with van der Waals surface area (Å²) in [5.41, 5.74) is 0.351. The number of oxime groups is 1. The van der Waals surface area contributed by atoms with Crippen LogP contribution in [0.3, 0.4) is 0 Å². The van der Waals surface area contributed by atoms with Gasteiger partial charge in [0.05, 0.1) is 18.5 Å². The highest BCUT2D eigenvalue weighted by atomic mass is 16.4. The number of hydrogen-bond donors (Lipinski definition) is 6. The number of rotatable bonds is 5. The van der Waals surface area contributed by atoms with Gasteiger partial charge in [-0.3, -0.25) is 0 Å². The maximum atomic E-state index is 9.66. The van der Waals surface area contributed by atoms with Crippen LogP contribution in [0, 0.1) is 0 Å². The summed E-state index contributed by atoms with van der Waals surface area (Å²) < 4.78 is 0. The highest BCUT2D eigenvalue weighted by molar-refractivity contribution is 5.94. The van der Waals surface area contributed by atoms with Gasteiger partial charge in [0, 0.05) is 0 Å². The van der Waals surface area contributed by atoms with E-state index < -0.39 is 24.9 Å². The van der Waals surface area contributed by atoms with Gasteiger partial charge in [-0.05, 0) is 6.92 Å². The minimum atomic E-state index is -1.54. The molecular formula is C9H15N3O5. The van der Waals surface area contributed by atoms with Crippen molar-refractivity contribution in [1.82, 2.24) is 9.97 Å². The summed E-state index contributed by atoms with van der Waals surface area (Å²) in [6.07, 6.45) is -3.18. The molecule has 0 aliphatic carbocycles. The molecule has 0 fully saturated rings. The smallest absolute Gasteiger partial charge is 0.155 e. The number of nitrogens with one attached hydrogen (secondary N) is 1. The summed E-state index contributed by atoms with van der Waals surface area (Å²) in [5.74, 6) is 0.229. The topological polar surface area (TPSA) is 142 Å². The minimum Gasteiger partial charge on any atom is -0.411 e. The van der Waals surface area contributed by atoms with Gasteiger partial charge in [0.1, 0.15) is 24.0 Å². The summed E-state index contributed by atoms with van der Waals surface area (Å²) >= 11 is 0. The molecule has 17 heavy (non-hydrogen) atoms. The van der Waals surface area contributed by atoms with E-state index in [1.54, 1.807) is 0 Å². The fourth-order valence-electron chi connectivity index (χ4n) is 1.22. The number of H-pyrrole nitrogens is 1. The Morgan fingerprint density at radius 1 is 1.47 bits per heavy atom. The number of aromatic amines is 1. The summed E-state index contributed by atoms with van der Waals surface area (Å²) in [5, 5.41) is 48.3. The van der Waals surface area contributed by atoms with Gasteiger partial charge < -0.3 is 30.6 Å². The average Bonchev–Trinajstić information content (AvgIpc) is 2.84. The number of aromatic nitrogens is 2. The van der Waals surface area contributed by atoms with Gasteiger partial charge in [0.2, 0.25) is 0 Å². The predicted octanol–water partition coefficient (Wildman–Crippen LogP) is -1.64. The molecule has 0 aliphatic rings. The lowest BCUT2D eigenvalue weighted by atomic mass is 10.1. The lowest BCUT2D eigenvalue weighted by Crippen LogP contribution is -2.34. The molecule has 0 bridgehead atoms. The van der Waals surface area contributed by atoms with Crippen LogP contribution >= 0.6 is 0 Å². The van der Waals surface area contributed by atoms with Gasteiger partial charge in [0.15, 0.2) is 5.82 Å². The van der Waals surface area contributed by atoms with Crippen molar-refractivity contribution < 1.29 is 25.6 Å². The van der Waals surface area contributed by atoms with Crippen molar-refractivity contribution in [3.05, 3.63) is 17.7 Å². The number of imidazole rings is 1. The van der Waals surface area contributed by atoms with Gasteiger partial charge >= 0.3 is 0 Å². The third-order valence-electron chi connectivity index (χ3n) is 2.31. The first-order valence-corrected chi connectivity index (χ1v) is 4.90. The Morgan fingerprint density at radius 2 is 2.12 bits per heavy atom. The molecular weight excluding hydrogens is 230 g/mol. The van der Waals surface area contributed by atoms with Crippen LogP contribution in [0.1, 0.15) is 24.5 Å². The Balaban J connectivity index is 2.83. The molecule has 0 spiro atoms. The van der Waals surface area contributed by atoms with E-state index in [4.69, 9.17) is 15.4 Å². The maximum absolute atomic E-state index is 9.66. The largest absolute Gasteiger partial charge is 0.411 e. The molecule has 1 rings (SSSR count). The second kappa shape index (κ2) is 5.73. The third kappa shape index (κ3) is 3.01. The molecule has 8 nitrogen and oxygen atoms in total. The van der Waals surface area contributed by atoms with Gasteiger partial charge in [0.25, 0.3) is 0 Å². The monoisotopic (exact) mass is 245 g/mol. The molecule has 1 aromatic rings. The molecule has 96 valence electrons. The molecule has 8 heteroatoms. The van der Waals surface area contributed by atoms with Crippen LogP contribution in [0.2, 0.25) is 0 Å². The molecule has 0 aliphatic heterocycles. The number of aliphatic hydroxyl groups excluding tert-OH is 4. The maximum Gasteiger partial charge on any atom is 0.155 e. The Kier molecular flexibility index (Phi) is 4.58. The van der Waals surface area contributed by atoms with E-state index in [9.17, 15) is 10.2 Å². The van der Waals surface area contributed by atoms with Crippen molar-refractivity contribution in [2.24, 2.45) is 5.16 Å². The van der Waals surface area contributed by atoms with E-state index in [0.29, 0.717) is 0 Å². The van der Waals surface area contributed by atoms with Crippen molar-refractivity contribution in [2.45, 2.75) is 25.2 Å². The molecule has 0 saturated carbocycles. The van der Waals surface area contributed by atoms with E-state index >= 15 is 0 Å². The number of hydrogen-bond acceptors (Lipinski definition) is 7. The van der Waals surface area contributed by atoms with Gasteiger partial charge in [-0.15, -0.1) is 0 Å². The van der Waals surface area contributed by atoms with Crippen LogP contribution in [-0.2, 0) is 0 Å². The van der Waals surface area contributed by atoms with E-state index in [1.165, 1.54) is 13.1 Å². The number of aliphatic hydroxyl groups is 4. The van der Waals surface area contributed by atoms with E-state index in [2.05, 4.69) is 15.1 Å². The van der Waals surface area contributed by atoms with Gasteiger partial charge in [-0.2, -0.15) is 0 Å². The first-order chi connectivity index (χ1) is 8.01. The fraction of sp³-hybridized carbons (Fsp3) is 0.556. The Labute approximate surface area is 96.9 Å². The molecule has 6 N–H and O–H groups in total. The van der Waals surface area contributed by atoms with Gasteiger partial charge in [-0.25, -0.2) is 4.98 Å². The molecule has 3 atom stereocenters. The summed E-state index contributed by atoms with van der Waals surface area (Å²) in [6, 6.07) is 0. The van der Waals surface area contributed by atoms with E-state index in [-0.39, 0.29) is 17.2 Å². The lowest BCUT2D eigenvalue weighted by molar-refractivity contribution is -0.0788. The van der Waals surface area contributed by atoms with E-state index in [0.717, 1.165) is 0 Å². The van der Waals surface area contributed by atoms with Crippen molar-refractivity contribution >= 4 is 5.71 Å². The fourth-order valence-corrected chi connectivity index (χ4v) is 1.22. The molecule has 1 heterocycles. The Morgan fingerprint density at radius 3 is 2.65 bits per heavy atom. The van der Waals surface area contributed by atoms with Crippen LogP contribution < -0.4 is 0 Å². The summed E-state index contributed by atoms with van der Waals surface area (Å²) in [6.45, 7) is 0.824. The summed E-state index contributed by atoms with van der Waals surface area (Å²) in [4.78, 5) is 6.43. The van der Waals surface area contributed by atoms with Crippen molar-refractivity contribution in [3.63, 3.8) is 0 Å². The van der Waals surface area contributed by atoms with Crippen LogP contribution in [-0.4, -0.2) is 60.1 Å². The highest BCUT2D eigenvalue weighted by Crippen LogP contribution is 2.17. The molecule has 0 aromatic carbocycles. The lowest BCUT2D eigenvalue weighted by Gasteiger charge is -2.20.